The molecule has 3 aromatic rings. The lowest BCUT2D eigenvalue weighted by molar-refractivity contribution is -0.134. The van der Waals surface area contributed by atoms with Crippen molar-refractivity contribution < 1.29 is 14.4 Å². The van der Waals surface area contributed by atoms with E-state index in [4.69, 9.17) is 0 Å². The van der Waals surface area contributed by atoms with Gasteiger partial charge in [0.1, 0.15) is 12.1 Å². The summed E-state index contributed by atoms with van der Waals surface area (Å²) in [5.74, 6) is -0.755. The number of carbonyl (C=O) groups excluding carboxylic acids is 3. The summed E-state index contributed by atoms with van der Waals surface area (Å²) in [7, 11) is 0. The lowest BCUT2D eigenvalue weighted by Gasteiger charge is -2.27. The number of anilines is 2. The van der Waals surface area contributed by atoms with Crippen LogP contribution in [0.1, 0.15) is 29.2 Å². The Morgan fingerprint density at radius 2 is 1.42 bits per heavy atom. The van der Waals surface area contributed by atoms with E-state index in [-0.39, 0.29) is 12.5 Å². The van der Waals surface area contributed by atoms with Crippen LogP contribution >= 0.6 is 0 Å². The number of nitrogens with one attached hydrogen (secondary N) is 1. The Morgan fingerprint density at radius 1 is 0.879 bits per heavy atom. The first-order chi connectivity index (χ1) is 15.9. The first-order valence-corrected chi connectivity index (χ1v) is 11.1. The highest BCUT2D eigenvalue weighted by molar-refractivity contribution is 6.12. The maximum absolute atomic E-state index is 13.7. The van der Waals surface area contributed by atoms with E-state index in [1.54, 1.807) is 11.8 Å². The molecule has 1 N–H and O–H groups in total. The molecule has 166 valence electrons. The molecule has 5 rings (SSSR count). The highest BCUT2D eigenvalue weighted by Gasteiger charge is 2.50. The van der Waals surface area contributed by atoms with E-state index in [0.717, 1.165) is 45.8 Å². The number of amides is 4. The highest BCUT2D eigenvalue weighted by Crippen LogP contribution is 2.36. The molecule has 2 aliphatic heterocycles. The third-order valence-corrected chi connectivity index (χ3v) is 6.58. The summed E-state index contributed by atoms with van der Waals surface area (Å²) in [4.78, 5) is 42.6. The zero-order chi connectivity index (χ0) is 23.2. The van der Waals surface area contributed by atoms with Gasteiger partial charge in [0.2, 0.25) is 0 Å². The van der Waals surface area contributed by atoms with Gasteiger partial charge in [-0.2, -0.15) is 0 Å². The lowest BCUT2D eigenvalue weighted by Crippen LogP contribution is -2.43. The van der Waals surface area contributed by atoms with E-state index in [2.05, 4.69) is 5.32 Å². The van der Waals surface area contributed by atoms with Crippen molar-refractivity contribution in [3.8, 4) is 0 Å². The first kappa shape index (κ1) is 20.9. The molecular formula is C27H25N3O3. The number of hydrogen-bond donors (Lipinski definition) is 1. The zero-order valence-electron chi connectivity index (χ0n) is 18.7. The molecule has 0 saturated carbocycles. The number of benzene rings is 3. The number of rotatable bonds is 3. The Morgan fingerprint density at radius 3 is 2.00 bits per heavy atom. The van der Waals surface area contributed by atoms with Crippen LogP contribution in [-0.4, -0.2) is 29.3 Å². The number of para-hydroxylation sites is 2. The normalized spacial score (nSPS) is 19.6. The van der Waals surface area contributed by atoms with Crippen molar-refractivity contribution in [3.63, 3.8) is 0 Å². The third-order valence-electron chi connectivity index (χ3n) is 6.58. The van der Waals surface area contributed by atoms with Gasteiger partial charge in [0.15, 0.2) is 0 Å². The molecule has 0 spiro atoms. The molecule has 6 heteroatoms. The zero-order valence-corrected chi connectivity index (χ0v) is 18.7. The van der Waals surface area contributed by atoms with Gasteiger partial charge in [-0.25, -0.2) is 4.79 Å². The predicted octanol–water partition coefficient (Wildman–Crippen LogP) is 4.23. The molecule has 1 unspecified atom stereocenters. The number of nitrogens with zero attached hydrogens (tertiary/aromatic N) is 2. The fourth-order valence-corrected chi connectivity index (χ4v) is 4.68. The molecule has 0 bridgehead atoms. The summed E-state index contributed by atoms with van der Waals surface area (Å²) in [5.41, 5.74) is 4.24. The van der Waals surface area contributed by atoms with Crippen LogP contribution in [0.15, 0.2) is 72.8 Å². The van der Waals surface area contributed by atoms with Crippen molar-refractivity contribution in [2.45, 2.75) is 32.2 Å². The summed E-state index contributed by atoms with van der Waals surface area (Å²) in [6.07, 6.45) is 1.62. The largest absolute Gasteiger partial charge is 0.325 e. The number of hydrogen-bond acceptors (Lipinski definition) is 3. The maximum atomic E-state index is 13.7. The summed E-state index contributed by atoms with van der Waals surface area (Å²) in [5, 5.41) is 2.79. The minimum atomic E-state index is -1.21. The summed E-state index contributed by atoms with van der Waals surface area (Å²) < 4.78 is 0. The second-order valence-electron chi connectivity index (χ2n) is 8.80. The standard InChI is InChI=1S/C27H25N3O3/c1-18-11-15-21(16-12-18)27(2)25(32)29(26(33)28-27)17-24(31)30-22-9-5-3-7-19(22)13-14-20-8-4-6-10-23(20)30/h3-12,15-16H,13-14,17H2,1-2H3,(H,28,33). The Labute approximate surface area is 192 Å². The SMILES string of the molecule is Cc1ccc(C2(C)NC(=O)N(CC(=O)N3c4ccccc4CCc4ccccc43)C2=O)cc1. The lowest BCUT2D eigenvalue weighted by atomic mass is 9.91. The van der Waals surface area contributed by atoms with Gasteiger partial charge >= 0.3 is 6.03 Å². The van der Waals surface area contributed by atoms with Gasteiger partial charge in [-0.15, -0.1) is 0 Å². The van der Waals surface area contributed by atoms with Crippen LogP contribution < -0.4 is 10.2 Å². The topological polar surface area (TPSA) is 69.7 Å². The second-order valence-corrected chi connectivity index (χ2v) is 8.80. The Balaban J connectivity index is 1.48. The van der Waals surface area contributed by atoms with Crippen molar-refractivity contribution >= 4 is 29.2 Å². The Hall–Kier alpha value is -3.93. The Bertz CT molecular complexity index is 1220. The van der Waals surface area contributed by atoms with E-state index >= 15 is 0 Å². The quantitative estimate of drug-likeness (QED) is 0.621. The second kappa shape index (κ2) is 7.89. The van der Waals surface area contributed by atoms with E-state index in [9.17, 15) is 14.4 Å². The molecule has 0 aromatic heterocycles. The molecule has 2 heterocycles. The van der Waals surface area contributed by atoms with E-state index < -0.39 is 17.5 Å². The molecule has 0 radical (unpaired) electrons. The van der Waals surface area contributed by atoms with E-state index in [1.807, 2.05) is 79.7 Å². The van der Waals surface area contributed by atoms with Crippen LogP contribution in [0.25, 0.3) is 0 Å². The van der Waals surface area contributed by atoms with Crippen molar-refractivity contribution in [2.24, 2.45) is 0 Å². The van der Waals surface area contributed by atoms with Crippen LogP contribution in [0.5, 0.6) is 0 Å². The minimum absolute atomic E-state index is 0.326. The summed E-state index contributed by atoms with van der Waals surface area (Å²) in [6.45, 7) is 3.30. The molecule has 1 atom stereocenters. The van der Waals surface area contributed by atoms with Crippen LogP contribution in [0.4, 0.5) is 16.2 Å². The van der Waals surface area contributed by atoms with Crippen molar-refractivity contribution in [1.29, 1.82) is 0 Å². The first-order valence-electron chi connectivity index (χ1n) is 11.1. The van der Waals surface area contributed by atoms with Crippen LogP contribution in [0.3, 0.4) is 0 Å². The molecule has 33 heavy (non-hydrogen) atoms. The van der Waals surface area contributed by atoms with Crippen LogP contribution in [-0.2, 0) is 28.0 Å². The minimum Gasteiger partial charge on any atom is -0.319 e. The van der Waals surface area contributed by atoms with Gasteiger partial charge in [-0.1, -0.05) is 66.2 Å². The molecule has 2 aliphatic rings. The highest BCUT2D eigenvalue weighted by atomic mass is 16.2. The fraction of sp³-hybridized carbons (Fsp3) is 0.222. The van der Waals surface area contributed by atoms with Gasteiger partial charge in [-0.3, -0.25) is 19.4 Å². The summed E-state index contributed by atoms with van der Waals surface area (Å²) in [6, 6.07) is 22.5. The average molecular weight is 440 g/mol. The van der Waals surface area contributed by atoms with Gasteiger partial charge in [0, 0.05) is 0 Å². The van der Waals surface area contributed by atoms with Crippen molar-refractivity contribution in [2.75, 3.05) is 11.4 Å². The molecule has 1 saturated heterocycles. The third kappa shape index (κ3) is 3.48. The number of urea groups is 1. The van der Waals surface area contributed by atoms with Gasteiger partial charge in [-0.05, 0) is 55.5 Å². The van der Waals surface area contributed by atoms with Crippen molar-refractivity contribution in [3.05, 3.63) is 95.1 Å². The molecule has 3 aromatic carbocycles. The van der Waals surface area contributed by atoms with Gasteiger partial charge < -0.3 is 5.32 Å². The van der Waals surface area contributed by atoms with Crippen molar-refractivity contribution in [1.82, 2.24) is 10.2 Å². The number of aryl methyl sites for hydroxylation is 3. The maximum Gasteiger partial charge on any atom is 0.325 e. The van der Waals surface area contributed by atoms with Gasteiger partial charge in [0.05, 0.1) is 11.4 Å². The molecule has 1 fully saturated rings. The molecule has 4 amide bonds. The molecule has 6 nitrogen and oxygen atoms in total. The summed E-state index contributed by atoms with van der Waals surface area (Å²) >= 11 is 0. The van der Waals surface area contributed by atoms with Gasteiger partial charge in [0.25, 0.3) is 11.8 Å². The van der Waals surface area contributed by atoms with E-state index in [1.165, 1.54) is 0 Å². The fourth-order valence-electron chi connectivity index (χ4n) is 4.68. The molecule has 0 aliphatic carbocycles. The number of imide groups is 1. The average Bonchev–Trinajstić information content (AvgIpc) is 2.95. The number of carbonyl (C=O) groups is 3. The molecular weight excluding hydrogens is 414 g/mol. The predicted molar refractivity (Wildman–Crippen MR) is 126 cm³/mol. The van der Waals surface area contributed by atoms with E-state index in [0.29, 0.717) is 5.56 Å². The smallest absolute Gasteiger partial charge is 0.319 e. The van der Waals surface area contributed by atoms with Crippen LogP contribution in [0, 0.1) is 6.92 Å². The number of fused-ring (bicyclic) bond motifs is 2. The monoisotopic (exact) mass is 439 g/mol. The van der Waals surface area contributed by atoms with Crippen LogP contribution in [0.2, 0.25) is 0 Å². The Kier molecular flexibility index (Phi) is 5.01.